The number of carbonyl (C=O) groups is 1. The maximum atomic E-state index is 13.5. The molecule has 7 heteroatoms. The second-order valence-electron chi connectivity index (χ2n) is 10.2. The largest absolute Gasteiger partial charge is 0.393 e. The Hall–Kier alpha value is -2.12. The average molecular weight is 469 g/mol. The molecule has 0 aliphatic heterocycles. The zero-order chi connectivity index (χ0) is 23.2. The second-order valence-corrected chi connectivity index (χ2v) is 12.4. The minimum Gasteiger partial charge on any atom is -0.393 e. The monoisotopic (exact) mass is 468 g/mol. The number of sulfone groups is 1. The predicted molar refractivity (Wildman–Crippen MR) is 125 cm³/mol. The van der Waals surface area contributed by atoms with E-state index in [0.717, 1.165) is 61.8 Å². The van der Waals surface area contributed by atoms with Gasteiger partial charge in [-0.3, -0.25) is 14.8 Å². The van der Waals surface area contributed by atoms with Crippen molar-refractivity contribution in [1.82, 2.24) is 9.97 Å². The fourth-order valence-electron chi connectivity index (χ4n) is 5.18. The van der Waals surface area contributed by atoms with Gasteiger partial charge in [0.15, 0.2) is 9.84 Å². The summed E-state index contributed by atoms with van der Waals surface area (Å²) in [4.78, 5) is 22.6. The van der Waals surface area contributed by atoms with Crippen molar-refractivity contribution in [2.75, 3.05) is 0 Å². The summed E-state index contributed by atoms with van der Waals surface area (Å²) < 4.78 is 26.1. The van der Waals surface area contributed by atoms with E-state index in [-0.39, 0.29) is 41.3 Å². The summed E-state index contributed by atoms with van der Waals surface area (Å²) in [6.45, 7) is 1.86. The van der Waals surface area contributed by atoms with Gasteiger partial charge in [0.25, 0.3) is 0 Å². The van der Waals surface area contributed by atoms with Crippen LogP contribution in [0.25, 0.3) is 0 Å². The van der Waals surface area contributed by atoms with Crippen LogP contribution in [0.2, 0.25) is 0 Å². The number of hydrogen-bond acceptors (Lipinski definition) is 6. The first-order chi connectivity index (χ1) is 15.8. The lowest BCUT2D eigenvalue weighted by molar-refractivity contribution is -0.120. The molecule has 33 heavy (non-hydrogen) atoms. The van der Waals surface area contributed by atoms with Gasteiger partial charge in [0.05, 0.1) is 34.1 Å². The zero-order valence-electron chi connectivity index (χ0n) is 19.1. The standard InChI is InChI=1S/C26H32N2O4S/c1-16-14-28-20(15-27-16)13-25(30)23(11-17-2-6-21(29)10-17)19-5-9-26(24(12-19)18-3-4-18)33(31,32)22-7-8-22/h5,9,12,14-15,17-18,21-23,29H,2-4,6-8,10-11,13H2,1H3/t17-,21?,23+/m0/s1. The molecule has 1 aromatic heterocycles. The molecular weight excluding hydrogens is 436 g/mol. The van der Waals surface area contributed by atoms with Gasteiger partial charge in [0.1, 0.15) is 5.78 Å². The number of carbonyl (C=O) groups excluding carboxylic acids is 1. The van der Waals surface area contributed by atoms with Crippen molar-refractivity contribution < 1.29 is 18.3 Å². The maximum absolute atomic E-state index is 13.5. The van der Waals surface area contributed by atoms with Crippen LogP contribution in [0.3, 0.4) is 0 Å². The smallest absolute Gasteiger partial charge is 0.181 e. The normalized spacial score (nSPS) is 24.1. The van der Waals surface area contributed by atoms with E-state index in [0.29, 0.717) is 17.0 Å². The van der Waals surface area contributed by atoms with E-state index in [4.69, 9.17) is 0 Å². The van der Waals surface area contributed by atoms with Gasteiger partial charge >= 0.3 is 0 Å². The molecule has 1 aromatic carbocycles. The fourth-order valence-corrected chi connectivity index (χ4v) is 7.10. The van der Waals surface area contributed by atoms with Gasteiger partial charge < -0.3 is 5.11 Å². The summed E-state index contributed by atoms with van der Waals surface area (Å²) in [7, 11) is -3.28. The van der Waals surface area contributed by atoms with Crippen LogP contribution >= 0.6 is 0 Å². The summed E-state index contributed by atoms with van der Waals surface area (Å²) >= 11 is 0. The average Bonchev–Trinajstić information content (AvgIpc) is 3.70. The molecular formula is C26H32N2O4S. The van der Waals surface area contributed by atoms with E-state index in [9.17, 15) is 18.3 Å². The lowest BCUT2D eigenvalue weighted by Crippen LogP contribution is -2.20. The van der Waals surface area contributed by atoms with Gasteiger partial charge in [-0.25, -0.2) is 8.42 Å². The molecule has 3 atom stereocenters. The van der Waals surface area contributed by atoms with Gasteiger partial charge in [0, 0.05) is 18.3 Å². The van der Waals surface area contributed by atoms with Crippen LogP contribution in [0.5, 0.6) is 0 Å². The quantitative estimate of drug-likeness (QED) is 0.596. The van der Waals surface area contributed by atoms with E-state index in [1.807, 2.05) is 19.1 Å². The third-order valence-electron chi connectivity index (χ3n) is 7.38. The highest BCUT2D eigenvalue weighted by atomic mass is 32.2. The van der Waals surface area contributed by atoms with Crippen LogP contribution in [-0.2, 0) is 21.1 Å². The predicted octanol–water partition coefficient (Wildman–Crippen LogP) is 4.05. The van der Waals surface area contributed by atoms with E-state index in [1.54, 1.807) is 18.5 Å². The third kappa shape index (κ3) is 5.04. The fraction of sp³-hybridized carbons (Fsp3) is 0.577. The molecule has 3 aliphatic rings. The highest BCUT2D eigenvalue weighted by Gasteiger charge is 2.41. The lowest BCUT2D eigenvalue weighted by Gasteiger charge is -2.22. The molecule has 3 aliphatic carbocycles. The first kappa shape index (κ1) is 22.7. The number of ketones is 1. The highest BCUT2D eigenvalue weighted by Crippen LogP contribution is 2.47. The number of nitrogens with zero attached hydrogens (tertiary/aromatic N) is 2. The number of aliphatic hydroxyl groups excluding tert-OH is 1. The first-order valence-corrected chi connectivity index (χ1v) is 13.7. The summed E-state index contributed by atoms with van der Waals surface area (Å²) in [6, 6.07) is 5.61. The summed E-state index contributed by atoms with van der Waals surface area (Å²) in [5.41, 5.74) is 3.26. The summed E-state index contributed by atoms with van der Waals surface area (Å²) in [5.74, 6) is 0.311. The molecule has 0 amide bonds. The number of aryl methyl sites for hydroxylation is 1. The van der Waals surface area contributed by atoms with Crippen molar-refractivity contribution >= 4 is 15.6 Å². The van der Waals surface area contributed by atoms with E-state index < -0.39 is 9.84 Å². The molecule has 5 rings (SSSR count). The maximum Gasteiger partial charge on any atom is 0.181 e. The number of rotatable bonds is 9. The Kier molecular flexibility index (Phi) is 6.12. The number of benzene rings is 1. The van der Waals surface area contributed by atoms with E-state index in [1.165, 1.54) is 0 Å². The Labute approximate surface area is 195 Å². The van der Waals surface area contributed by atoms with E-state index in [2.05, 4.69) is 9.97 Å². The topological polar surface area (TPSA) is 97.2 Å². The van der Waals surface area contributed by atoms with E-state index >= 15 is 0 Å². The first-order valence-electron chi connectivity index (χ1n) is 12.2. The number of aromatic nitrogens is 2. The molecule has 1 heterocycles. The molecule has 0 saturated heterocycles. The molecule has 6 nitrogen and oxygen atoms in total. The lowest BCUT2D eigenvalue weighted by atomic mass is 9.83. The SMILES string of the molecule is Cc1cnc(CC(=O)[C@H](C[C@H]2CCC(O)C2)c2ccc(S(=O)(=O)C3CC3)c(C3CC3)c2)cn1. The molecule has 1 N–H and O–H groups in total. The van der Waals surface area contributed by atoms with Crippen molar-refractivity contribution in [3.8, 4) is 0 Å². The van der Waals surface area contributed by atoms with Crippen molar-refractivity contribution in [1.29, 1.82) is 0 Å². The molecule has 0 radical (unpaired) electrons. The molecule has 1 unspecified atom stereocenters. The Balaban J connectivity index is 1.46. The van der Waals surface area contributed by atoms with Crippen molar-refractivity contribution in [2.24, 2.45) is 5.92 Å². The highest BCUT2D eigenvalue weighted by molar-refractivity contribution is 7.92. The minimum absolute atomic E-state index is 0.0779. The van der Waals surface area contributed by atoms with Crippen LogP contribution in [0.15, 0.2) is 35.5 Å². The van der Waals surface area contributed by atoms with Crippen LogP contribution in [0.1, 0.15) is 85.7 Å². The van der Waals surface area contributed by atoms with Gasteiger partial charge in [-0.05, 0) is 87.3 Å². The Morgan fingerprint density at radius 1 is 1.09 bits per heavy atom. The van der Waals surface area contributed by atoms with Gasteiger partial charge in [-0.1, -0.05) is 12.1 Å². The van der Waals surface area contributed by atoms with Crippen LogP contribution < -0.4 is 0 Å². The number of Topliss-reactive ketones (excluding diaryl/α,β-unsaturated/α-hetero) is 1. The van der Waals surface area contributed by atoms with Gasteiger partial charge in [0.2, 0.25) is 0 Å². The summed E-state index contributed by atoms with van der Waals surface area (Å²) in [5, 5.41) is 9.78. The van der Waals surface area contributed by atoms with Gasteiger partial charge in [-0.2, -0.15) is 0 Å². The van der Waals surface area contributed by atoms with Crippen LogP contribution in [0, 0.1) is 12.8 Å². The Bertz CT molecular complexity index is 1140. The van der Waals surface area contributed by atoms with Crippen molar-refractivity contribution in [3.05, 3.63) is 53.1 Å². The van der Waals surface area contributed by atoms with Crippen molar-refractivity contribution in [3.63, 3.8) is 0 Å². The molecule has 3 saturated carbocycles. The minimum atomic E-state index is -3.28. The third-order valence-corrected chi connectivity index (χ3v) is 9.72. The Morgan fingerprint density at radius 3 is 2.48 bits per heavy atom. The Morgan fingerprint density at radius 2 is 1.88 bits per heavy atom. The number of aliphatic hydroxyl groups is 1. The molecule has 0 bridgehead atoms. The van der Waals surface area contributed by atoms with Crippen molar-refractivity contribution in [2.45, 2.75) is 92.8 Å². The van der Waals surface area contributed by atoms with Gasteiger partial charge in [-0.15, -0.1) is 0 Å². The molecule has 3 fully saturated rings. The molecule has 176 valence electrons. The molecule has 2 aromatic rings. The summed E-state index contributed by atoms with van der Waals surface area (Å²) in [6.07, 6.45) is 9.83. The van der Waals surface area contributed by atoms with Crippen LogP contribution in [-0.4, -0.2) is 40.6 Å². The number of hydrogen-bond donors (Lipinski definition) is 1. The molecule has 0 spiro atoms. The van der Waals surface area contributed by atoms with Crippen LogP contribution in [0.4, 0.5) is 0 Å². The second kappa shape index (κ2) is 8.91. The zero-order valence-corrected chi connectivity index (χ0v) is 19.9.